The van der Waals surface area contributed by atoms with Gasteiger partial charge in [-0.3, -0.25) is 0 Å². The Kier molecular flexibility index (Phi) is 5.45. The molecular weight excluding hydrogens is 337 g/mol. The van der Waals surface area contributed by atoms with E-state index in [0.29, 0.717) is 0 Å². The minimum absolute atomic E-state index is 0.254. The van der Waals surface area contributed by atoms with Crippen LogP contribution >= 0.6 is 12.2 Å². The van der Waals surface area contributed by atoms with E-state index in [0.717, 1.165) is 41.5 Å². The van der Waals surface area contributed by atoms with Gasteiger partial charge in [-0.05, 0) is 59.7 Å². The van der Waals surface area contributed by atoms with E-state index >= 15 is 0 Å². The molecule has 0 atom stereocenters. The van der Waals surface area contributed by atoms with Crippen molar-refractivity contribution in [2.45, 2.75) is 19.3 Å². The average molecular weight is 355 g/mol. The topological polar surface area (TPSA) is 46.8 Å². The summed E-state index contributed by atoms with van der Waals surface area (Å²) < 4.78 is 14.8. The minimum Gasteiger partial charge on any atom is -0.339 e. The summed E-state index contributed by atoms with van der Waals surface area (Å²) in [7, 11) is 1.89. The quantitative estimate of drug-likeness (QED) is 0.633. The number of rotatable bonds is 6. The number of benzene rings is 2. The predicted molar refractivity (Wildman–Crippen MR) is 99.5 cm³/mol. The van der Waals surface area contributed by atoms with Crippen LogP contribution in [-0.2, 0) is 6.42 Å². The normalized spacial score (nSPS) is 10.6. The van der Waals surface area contributed by atoms with E-state index in [1.165, 1.54) is 12.1 Å². The van der Waals surface area contributed by atoms with Gasteiger partial charge in [0.1, 0.15) is 5.82 Å². The molecule has 128 valence electrons. The van der Waals surface area contributed by atoms with Crippen LogP contribution in [0.4, 0.5) is 10.1 Å². The highest BCUT2D eigenvalue weighted by Crippen LogP contribution is 2.16. The van der Waals surface area contributed by atoms with Crippen molar-refractivity contribution in [3.63, 3.8) is 0 Å². The Morgan fingerprint density at radius 1 is 1.12 bits per heavy atom. The lowest BCUT2D eigenvalue weighted by Gasteiger charge is -2.20. The second-order valence-corrected chi connectivity index (χ2v) is 6.10. The molecule has 7 heteroatoms. The molecule has 0 radical (unpaired) electrons. The Morgan fingerprint density at radius 2 is 1.84 bits per heavy atom. The summed E-state index contributed by atoms with van der Waals surface area (Å²) >= 11 is 5.49. The van der Waals surface area contributed by atoms with E-state index in [9.17, 15) is 4.39 Å². The lowest BCUT2D eigenvalue weighted by Crippen LogP contribution is -2.24. The van der Waals surface area contributed by atoms with Crippen molar-refractivity contribution < 1.29 is 4.39 Å². The number of hydrogen-bond donors (Lipinski definition) is 0. The summed E-state index contributed by atoms with van der Waals surface area (Å²) in [6.07, 6.45) is 2.28. The molecule has 3 rings (SSSR count). The first kappa shape index (κ1) is 17.2. The zero-order valence-corrected chi connectivity index (χ0v) is 14.7. The lowest BCUT2D eigenvalue weighted by molar-refractivity contribution is 0.628. The fourth-order valence-corrected chi connectivity index (χ4v) is 2.76. The summed E-state index contributed by atoms with van der Waals surface area (Å²) in [5.74, 6) is 0.550. The number of hydrogen-bond acceptors (Lipinski definition) is 4. The highest BCUT2D eigenvalue weighted by atomic mass is 32.1. The van der Waals surface area contributed by atoms with Crippen molar-refractivity contribution in [3.8, 4) is 5.69 Å². The SMILES string of the molecule is CN(C(=S)CCCc1nnnn1-c1ccccc1)c1ccc(F)cc1. The molecule has 0 amide bonds. The molecule has 0 fully saturated rings. The zero-order valence-electron chi connectivity index (χ0n) is 13.8. The van der Waals surface area contributed by atoms with Crippen molar-refractivity contribution in [1.82, 2.24) is 20.2 Å². The standard InChI is InChI=1S/C18H18FN5S/c1-23(15-12-10-14(19)11-13-15)18(25)9-5-8-17-20-21-22-24(17)16-6-3-2-4-7-16/h2-4,6-7,10-13H,5,8-9H2,1H3. The van der Waals surface area contributed by atoms with Crippen molar-refractivity contribution in [2.75, 3.05) is 11.9 Å². The van der Waals surface area contributed by atoms with Crippen LogP contribution in [0, 0.1) is 5.82 Å². The van der Waals surface area contributed by atoms with Gasteiger partial charge in [0, 0.05) is 19.2 Å². The number of aryl methyl sites for hydroxylation is 1. The van der Waals surface area contributed by atoms with Crippen molar-refractivity contribution in [2.24, 2.45) is 0 Å². The fraction of sp³-hybridized carbons (Fsp3) is 0.222. The van der Waals surface area contributed by atoms with Gasteiger partial charge in [0.2, 0.25) is 0 Å². The summed E-state index contributed by atoms with van der Waals surface area (Å²) in [6.45, 7) is 0. The van der Waals surface area contributed by atoms with Gasteiger partial charge >= 0.3 is 0 Å². The summed E-state index contributed by atoms with van der Waals surface area (Å²) in [6, 6.07) is 16.1. The molecule has 0 saturated heterocycles. The molecule has 0 bridgehead atoms. The molecule has 25 heavy (non-hydrogen) atoms. The van der Waals surface area contributed by atoms with Crippen LogP contribution in [0.1, 0.15) is 18.7 Å². The average Bonchev–Trinajstić information content (AvgIpc) is 3.11. The maximum atomic E-state index is 13.0. The molecule has 0 aliphatic carbocycles. The second-order valence-electron chi connectivity index (χ2n) is 5.63. The highest BCUT2D eigenvalue weighted by molar-refractivity contribution is 7.80. The van der Waals surface area contributed by atoms with Gasteiger partial charge in [-0.1, -0.05) is 30.4 Å². The first-order valence-electron chi connectivity index (χ1n) is 8.00. The lowest BCUT2D eigenvalue weighted by atomic mass is 10.2. The molecule has 3 aromatic rings. The number of anilines is 1. The van der Waals surface area contributed by atoms with Gasteiger partial charge in [-0.25, -0.2) is 4.39 Å². The van der Waals surface area contributed by atoms with Crippen molar-refractivity contribution in [3.05, 3.63) is 66.2 Å². The number of halogens is 1. The number of nitrogens with zero attached hydrogens (tertiary/aromatic N) is 5. The third-order valence-electron chi connectivity index (χ3n) is 3.91. The molecule has 0 N–H and O–H groups in total. The fourth-order valence-electron chi connectivity index (χ4n) is 2.51. The first-order chi connectivity index (χ1) is 12.1. The van der Waals surface area contributed by atoms with Gasteiger partial charge < -0.3 is 4.90 Å². The van der Waals surface area contributed by atoms with Crippen molar-refractivity contribution in [1.29, 1.82) is 0 Å². The molecular formula is C18H18FN5S. The number of para-hydroxylation sites is 1. The van der Waals surface area contributed by atoms with E-state index < -0.39 is 0 Å². The molecule has 0 unspecified atom stereocenters. The molecule has 5 nitrogen and oxygen atoms in total. The predicted octanol–water partition coefficient (Wildman–Crippen LogP) is 3.59. The maximum Gasteiger partial charge on any atom is 0.156 e. The molecule has 0 saturated carbocycles. The van der Waals surface area contributed by atoms with E-state index in [1.807, 2.05) is 42.3 Å². The van der Waals surface area contributed by atoms with E-state index in [4.69, 9.17) is 12.2 Å². The monoisotopic (exact) mass is 355 g/mol. The van der Waals surface area contributed by atoms with Crippen LogP contribution in [0.5, 0.6) is 0 Å². The van der Waals surface area contributed by atoms with E-state index in [2.05, 4.69) is 15.5 Å². The van der Waals surface area contributed by atoms with Gasteiger partial charge in [0.15, 0.2) is 5.82 Å². The Bertz CT molecular complexity index is 832. The summed E-state index contributed by atoms with van der Waals surface area (Å²) in [4.78, 5) is 2.69. The summed E-state index contributed by atoms with van der Waals surface area (Å²) in [5.41, 5.74) is 1.81. The van der Waals surface area contributed by atoms with Crippen LogP contribution in [0.15, 0.2) is 54.6 Å². The summed E-state index contributed by atoms with van der Waals surface area (Å²) in [5, 5.41) is 11.9. The number of aromatic nitrogens is 4. The largest absolute Gasteiger partial charge is 0.339 e. The van der Waals surface area contributed by atoms with Crippen LogP contribution in [0.2, 0.25) is 0 Å². The van der Waals surface area contributed by atoms with Gasteiger partial charge in [-0.2, -0.15) is 4.68 Å². The molecule has 0 aliphatic heterocycles. The molecule has 1 heterocycles. The Balaban J connectivity index is 1.57. The van der Waals surface area contributed by atoms with Gasteiger partial charge in [-0.15, -0.1) is 5.10 Å². The van der Waals surface area contributed by atoms with Crippen LogP contribution < -0.4 is 4.90 Å². The number of tetrazole rings is 1. The minimum atomic E-state index is -0.254. The maximum absolute atomic E-state index is 13.0. The highest BCUT2D eigenvalue weighted by Gasteiger charge is 2.11. The third kappa shape index (κ3) is 4.24. The van der Waals surface area contributed by atoms with E-state index in [1.54, 1.807) is 16.8 Å². The molecule has 2 aromatic carbocycles. The Morgan fingerprint density at radius 3 is 2.56 bits per heavy atom. The smallest absolute Gasteiger partial charge is 0.156 e. The molecule has 0 aliphatic rings. The van der Waals surface area contributed by atoms with Gasteiger partial charge in [0.25, 0.3) is 0 Å². The Labute approximate surface area is 151 Å². The van der Waals surface area contributed by atoms with Gasteiger partial charge in [0.05, 0.1) is 10.7 Å². The zero-order chi connectivity index (χ0) is 17.6. The second kappa shape index (κ2) is 7.94. The molecule has 1 aromatic heterocycles. The first-order valence-corrected chi connectivity index (χ1v) is 8.41. The number of thiocarbonyl (C=S) groups is 1. The van der Waals surface area contributed by atoms with Crippen LogP contribution in [0.25, 0.3) is 5.69 Å². The molecule has 0 spiro atoms. The van der Waals surface area contributed by atoms with Crippen LogP contribution in [-0.4, -0.2) is 32.2 Å². The van der Waals surface area contributed by atoms with Crippen molar-refractivity contribution >= 4 is 22.9 Å². The third-order valence-corrected chi connectivity index (χ3v) is 4.39. The Hall–Kier alpha value is -2.67. The van der Waals surface area contributed by atoms with Crippen LogP contribution in [0.3, 0.4) is 0 Å². The van der Waals surface area contributed by atoms with E-state index in [-0.39, 0.29) is 5.82 Å².